The van der Waals surface area contributed by atoms with Crippen LogP contribution in [0.1, 0.15) is 22.6 Å². The molecule has 5 rings (SSSR count). The Bertz CT molecular complexity index is 1620. The molecule has 190 valence electrons. The van der Waals surface area contributed by atoms with E-state index in [1.54, 1.807) is 24.3 Å². The lowest BCUT2D eigenvalue weighted by Crippen LogP contribution is -2.00. The van der Waals surface area contributed by atoms with Crippen molar-refractivity contribution < 1.29 is 29.2 Å². The summed E-state index contributed by atoms with van der Waals surface area (Å²) in [6.07, 6.45) is 7.80. The van der Waals surface area contributed by atoms with Crippen LogP contribution in [0.4, 0.5) is 4.39 Å². The van der Waals surface area contributed by atoms with Crippen LogP contribution in [0.5, 0.6) is 23.0 Å². The number of nitrogens with zero attached hydrogens (tertiary/aromatic N) is 1. The van der Waals surface area contributed by atoms with Crippen molar-refractivity contribution in [3.05, 3.63) is 108 Å². The molecule has 0 bridgehead atoms. The van der Waals surface area contributed by atoms with Crippen molar-refractivity contribution in [3.8, 4) is 46.8 Å². The molecule has 1 aromatic heterocycles. The zero-order chi connectivity index (χ0) is 27.2. The van der Waals surface area contributed by atoms with E-state index >= 15 is 0 Å². The van der Waals surface area contributed by atoms with E-state index in [1.165, 1.54) is 30.3 Å². The molecule has 7 heteroatoms. The van der Waals surface area contributed by atoms with Gasteiger partial charge in [-0.05, 0) is 66.1 Å². The highest BCUT2D eigenvalue weighted by atomic mass is 19.1. The quantitative estimate of drug-likeness (QED) is 0.195. The molecule has 1 atom stereocenters. The molecule has 0 radical (unpaired) electrons. The third kappa shape index (κ3) is 5.94. The minimum absolute atomic E-state index is 0.0323. The summed E-state index contributed by atoms with van der Waals surface area (Å²) >= 11 is 0. The number of fused-ring (bicyclic) bond motifs is 1. The first-order valence-corrected chi connectivity index (χ1v) is 11.5. The average Bonchev–Trinajstić information content (AvgIpc) is 3.34. The van der Waals surface area contributed by atoms with Gasteiger partial charge < -0.3 is 24.8 Å². The molecule has 1 unspecified atom stereocenters. The fraction of sp³-hybridized carbons (Fsp3) is 0.0645. The maximum absolute atomic E-state index is 13.4. The van der Waals surface area contributed by atoms with E-state index in [0.29, 0.717) is 28.6 Å². The van der Waals surface area contributed by atoms with Crippen molar-refractivity contribution in [2.75, 3.05) is 0 Å². The summed E-state index contributed by atoms with van der Waals surface area (Å²) in [5.41, 5.74) is 3.97. The van der Waals surface area contributed by atoms with Crippen molar-refractivity contribution in [1.82, 2.24) is 4.98 Å². The van der Waals surface area contributed by atoms with Gasteiger partial charge in [-0.15, -0.1) is 6.42 Å². The lowest BCUT2D eigenvalue weighted by Gasteiger charge is -2.11. The summed E-state index contributed by atoms with van der Waals surface area (Å²) in [5, 5.41) is 37.2. The molecule has 0 saturated carbocycles. The number of phenols is 4. The predicted molar refractivity (Wildman–Crippen MR) is 144 cm³/mol. The van der Waals surface area contributed by atoms with E-state index in [2.05, 4.69) is 17.5 Å². The second-order valence-electron chi connectivity index (χ2n) is 8.45. The topological polar surface area (TPSA) is 107 Å². The minimum atomic E-state index is -0.753. The van der Waals surface area contributed by atoms with Crippen LogP contribution in [-0.4, -0.2) is 25.4 Å². The second kappa shape index (κ2) is 11.2. The van der Waals surface area contributed by atoms with Crippen LogP contribution < -0.4 is 0 Å². The third-order valence-electron chi connectivity index (χ3n) is 5.79. The summed E-state index contributed by atoms with van der Waals surface area (Å²) in [6, 6.07) is 20.8. The van der Waals surface area contributed by atoms with Gasteiger partial charge >= 0.3 is 0 Å². The molecule has 38 heavy (non-hydrogen) atoms. The molecule has 0 amide bonds. The number of benzene rings is 4. The van der Waals surface area contributed by atoms with Gasteiger partial charge in [-0.25, -0.2) is 9.37 Å². The summed E-state index contributed by atoms with van der Waals surface area (Å²) in [4.78, 5) is 4.20. The second-order valence-corrected chi connectivity index (χ2v) is 8.45. The van der Waals surface area contributed by atoms with Gasteiger partial charge in [0, 0.05) is 23.1 Å². The summed E-state index contributed by atoms with van der Waals surface area (Å²) < 4.78 is 18.9. The van der Waals surface area contributed by atoms with E-state index in [4.69, 9.17) is 10.8 Å². The smallest absolute Gasteiger partial charge is 0.227 e. The molecule has 6 nitrogen and oxygen atoms in total. The number of hydrogen-bond donors (Lipinski definition) is 4. The first-order chi connectivity index (χ1) is 18.3. The largest absolute Gasteiger partial charge is 0.508 e. The Hall–Kier alpha value is -5.22. The van der Waals surface area contributed by atoms with Crippen LogP contribution in [0.25, 0.3) is 28.6 Å². The highest BCUT2D eigenvalue weighted by Gasteiger charge is 2.14. The van der Waals surface area contributed by atoms with Crippen LogP contribution >= 0.6 is 0 Å². The number of hydrogen-bond acceptors (Lipinski definition) is 6. The van der Waals surface area contributed by atoms with Crippen molar-refractivity contribution in [2.24, 2.45) is 0 Å². The number of halogens is 1. The van der Waals surface area contributed by atoms with Crippen LogP contribution in [-0.2, 0) is 6.42 Å². The Morgan fingerprint density at radius 2 is 1.55 bits per heavy atom. The first-order valence-electron chi connectivity index (χ1n) is 11.5. The Kier molecular flexibility index (Phi) is 7.64. The van der Waals surface area contributed by atoms with E-state index < -0.39 is 11.6 Å². The SMILES string of the molecule is C#CC(Cc1ccc(O)cc1)c1ccc(O)cc1.C=Cc1cc(O)cc2nc(-c3ccc(O)c(F)c3)oc12. The molecule has 1 heterocycles. The molecule has 0 saturated heterocycles. The van der Waals surface area contributed by atoms with Crippen LogP contribution in [0, 0.1) is 18.2 Å². The van der Waals surface area contributed by atoms with Gasteiger partial charge in [0.05, 0.1) is 0 Å². The monoisotopic (exact) mass is 509 g/mol. The molecule has 0 aliphatic carbocycles. The lowest BCUT2D eigenvalue weighted by atomic mass is 9.93. The van der Waals surface area contributed by atoms with E-state index in [-0.39, 0.29) is 29.1 Å². The van der Waals surface area contributed by atoms with Crippen molar-refractivity contribution in [3.63, 3.8) is 0 Å². The zero-order valence-electron chi connectivity index (χ0n) is 20.2. The van der Waals surface area contributed by atoms with Gasteiger partial charge in [-0.1, -0.05) is 42.8 Å². The van der Waals surface area contributed by atoms with Crippen LogP contribution in [0.15, 0.2) is 89.9 Å². The highest BCUT2D eigenvalue weighted by molar-refractivity contribution is 5.86. The highest BCUT2D eigenvalue weighted by Crippen LogP contribution is 2.31. The maximum atomic E-state index is 13.4. The van der Waals surface area contributed by atoms with Gasteiger partial charge in [-0.3, -0.25) is 0 Å². The fourth-order valence-electron chi connectivity index (χ4n) is 3.81. The molecular weight excluding hydrogens is 485 g/mol. The summed E-state index contributed by atoms with van der Waals surface area (Å²) in [6.45, 7) is 3.64. The predicted octanol–water partition coefficient (Wildman–Crippen LogP) is 6.75. The number of aromatic hydroxyl groups is 4. The number of rotatable bonds is 5. The summed E-state index contributed by atoms with van der Waals surface area (Å²) in [5.74, 6) is 2.27. The van der Waals surface area contributed by atoms with Gasteiger partial charge in [-0.2, -0.15) is 0 Å². The van der Waals surface area contributed by atoms with Gasteiger partial charge in [0.15, 0.2) is 17.1 Å². The minimum Gasteiger partial charge on any atom is -0.508 e. The van der Waals surface area contributed by atoms with Gasteiger partial charge in [0.2, 0.25) is 5.89 Å². The molecular formula is C31H24FNO5. The Morgan fingerprint density at radius 3 is 2.16 bits per heavy atom. The van der Waals surface area contributed by atoms with Crippen molar-refractivity contribution in [1.29, 1.82) is 0 Å². The van der Waals surface area contributed by atoms with Crippen LogP contribution in [0.2, 0.25) is 0 Å². The van der Waals surface area contributed by atoms with Crippen molar-refractivity contribution in [2.45, 2.75) is 12.3 Å². The standard InChI is InChI=1S/C16H14O2.C15H10FNO3/c1-2-13(14-5-9-16(18)10-6-14)11-12-3-7-15(17)8-4-12;1-2-8-5-10(18)7-12-14(8)20-15(17-12)9-3-4-13(19)11(16)6-9/h1,3-10,13,17-18H,11H2;2-7,18-19H,1H2. The molecule has 5 aromatic rings. The number of oxazole rings is 1. The molecule has 4 aromatic carbocycles. The van der Waals surface area contributed by atoms with Gasteiger partial charge in [0.25, 0.3) is 0 Å². The molecule has 0 fully saturated rings. The summed E-state index contributed by atoms with van der Waals surface area (Å²) in [7, 11) is 0. The zero-order valence-corrected chi connectivity index (χ0v) is 20.2. The maximum Gasteiger partial charge on any atom is 0.227 e. The molecule has 0 aliphatic heterocycles. The number of phenolic OH excluding ortho intramolecular Hbond substituents is 4. The van der Waals surface area contributed by atoms with E-state index in [1.807, 2.05) is 24.3 Å². The van der Waals surface area contributed by atoms with Crippen LogP contribution in [0.3, 0.4) is 0 Å². The molecule has 0 aliphatic rings. The lowest BCUT2D eigenvalue weighted by molar-refractivity contribution is 0.432. The number of aromatic nitrogens is 1. The number of terminal acetylenes is 1. The Morgan fingerprint density at radius 1 is 0.895 bits per heavy atom. The molecule has 4 N–H and O–H groups in total. The Balaban J connectivity index is 0.000000178. The van der Waals surface area contributed by atoms with E-state index in [0.717, 1.165) is 17.2 Å². The fourth-order valence-corrected chi connectivity index (χ4v) is 3.81. The Labute approximate surface area is 218 Å². The normalized spacial score (nSPS) is 11.3. The molecule has 0 spiro atoms. The third-order valence-corrected chi connectivity index (χ3v) is 5.79. The van der Waals surface area contributed by atoms with Gasteiger partial charge in [0.1, 0.15) is 22.8 Å². The van der Waals surface area contributed by atoms with E-state index in [9.17, 15) is 24.8 Å². The average molecular weight is 510 g/mol. The van der Waals surface area contributed by atoms with Crippen molar-refractivity contribution >= 4 is 17.2 Å². The first kappa shape index (κ1) is 25.9.